The lowest BCUT2D eigenvalue weighted by Gasteiger charge is -2.36. The van der Waals surface area contributed by atoms with E-state index in [1.807, 2.05) is 25.1 Å². The fourth-order valence-corrected chi connectivity index (χ4v) is 4.04. The van der Waals surface area contributed by atoms with Gasteiger partial charge in [-0.05, 0) is 43.3 Å². The molecule has 0 fully saturated rings. The summed E-state index contributed by atoms with van der Waals surface area (Å²) in [7, 11) is 1.80. The number of hydrogen-bond donors (Lipinski definition) is 2. The Balaban J connectivity index is 1.62. The van der Waals surface area contributed by atoms with E-state index in [0.29, 0.717) is 22.6 Å². The minimum atomic E-state index is -0.665. The van der Waals surface area contributed by atoms with Gasteiger partial charge in [0.15, 0.2) is 5.82 Å². The molecule has 0 saturated heterocycles. The van der Waals surface area contributed by atoms with E-state index in [1.165, 1.54) is 28.0 Å². The molecule has 186 valence electrons. The number of rotatable bonds is 6. The van der Waals surface area contributed by atoms with Crippen molar-refractivity contribution in [1.29, 1.82) is 0 Å². The fraction of sp³-hybridized carbons (Fsp3) is 0.115. The molecule has 0 unspecified atom stereocenters. The van der Waals surface area contributed by atoms with E-state index in [1.54, 1.807) is 36.3 Å². The highest BCUT2D eigenvalue weighted by Gasteiger charge is 2.36. The first-order chi connectivity index (χ1) is 17.8. The zero-order valence-electron chi connectivity index (χ0n) is 20.1. The summed E-state index contributed by atoms with van der Waals surface area (Å²) in [5.74, 6) is -0.684. The number of halogens is 1. The molecule has 0 spiro atoms. The Morgan fingerprint density at radius 1 is 1.19 bits per heavy atom. The van der Waals surface area contributed by atoms with Gasteiger partial charge in [0.25, 0.3) is 0 Å². The molecular weight excluding hydrogens is 475 g/mol. The average Bonchev–Trinajstić information content (AvgIpc) is 3.21. The first kappa shape index (κ1) is 23.7. The van der Waals surface area contributed by atoms with Crippen molar-refractivity contribution in [3.8, 4) is 0 Å². The van der Waals surface area contributed by atoms with Crippen LogP contribution in [0.25, 0.3) is 0 Å². The molecule has 0 aliphatic carbocycles. The van der Waals surface area contributed by atoms with E-state index in [4.69, 9.17) is 0 Å². The van der Waals surface area contributed by atoms with Crippen LogP contribution in [0.5, 0.6) is 0 Å². The number of urea groups is 1. The van der Waals surface area contributed by atoms with E-state index in [9.17, 15) is 9.59 Å². The smallest absolute Gasteiger partial charge is 0.322 e. The highest BCUT2D eigenvalue weighted by Crippen LogP contribution is 2.38. The normalized spacial score (nSPS) is 12.8. The zero-order chi connectivity index (χ0) is 26.1. The summed E-state index contributed by atoms with van der Waals surface area (Å²) in [5, 5.41) is 10.0. The van der Waals surface area contributed by atoms with Crippen LogP contribution in [0.3, 0.4) is 0 Å². The maximum absolute atomic E-state index is 15.3. The van der Waals surface area contributed by atoms with Gasteiger partial charge in [-0.15, -0.1) is 0 Å². The van der Waals surface area contributed by atoms with Crippen LogP contribution in [0.2, 0.25) is 0 Å². The maximum Gasteiger partial charge on any atom is 0.335 e. The molecule has 1 aliphatic heterocycles. The number of para-hydroxylation sites is 1. The summed E-state index contributed by atoms with van der Waals surface area (Å²) in [5.41, 5.74) is 2.90. The lowest BCUT2D eigenvalue weighted by Crippen LogP contribution is -2.46. The number of fused-ring (bicyclic) bond motifs is 1. The van der Waals surface area contributed by atoms with Crippen molar-refractivity contribution < 1.29 is 14.0 Å². The van der Waals surface area contributed by atoms with Crippen molar-refractivity contribution in [2.24, 2.45) is 7.05 Å². The van der Waals surface area contributed by atoms with Gasteiger partial charge in [0.1, 0.15) is 5.82 Å². The minimum Gasteiger partial charge on any atom is -0.322 e. The number of carbonyl (C=O) groups excluding carboxylic acids is 2. The third kappa shape index (κ3) is 4.61. The lowest BCUT2D eigenvalue weighted by atomic mass is 10.1. The summed E-state index contributed by atoms with van der Waals surface area (Å²) in [6.45, 7) is 5.47. The van der Waals surface area contributed by atoms with E-state index >= 15 is 4.39 Å². The topological polar surface area (TPSA) is 108 Å². The number of aryl methyl sites for hydroxylation is 2. The van der Waals surface area contributed by atoms with Crippen molar-refractivity contribution in [2.45, 2.75) is 13.5 Å². The number of benzene rings is 2. The van der Waals surface area contributed by atoms with Gasteiger partial charge < -0.3 is 10.6 Å². The van der Waals surface area contributed by atoms with Crippen LogP contribution in [0, 0.1) is 12.7 Å². The maximum atomic E-state index is 15.3. The molecule has 11 heteroatoms. The van der Waals surface area contributed by atoms with Crippen molar-refractivity contribution in [2.75, 3.05) is 20.4 Å². The lowest BCUT2D eigenvalue weighted by molar-refractivity contribution is -0.111. The van der Waals surface area contributed by atoms with Crippen LogP contribution in [-0.4, -0.2) is 31.7 Å². The molecule has 3 amide bonds. The average molecular weight is 499 g/mol. The van der Waals surface area contributed by atoms with Crippen LogP contribution in [0.15, 0.2) is 73.6 Å². The number of anilines is 6. The summed E-state index contributed by atoms with van der Waals surface area (Å²) >= 11 is 0. The predicted molar refractivity (Wildman–Crippen MR) is 139 cm³/mol. The Morgan fingerprint density at radius 3 is 2.68 bits per heavy atom. The van der Waals surface area contributed by atoms with Crippen molar-refractivity contribution in [1.82, 2.24) is 19.7 Å². The summed E-state index contributed by atoms with van der Waals surface area (Å²) < 4.78 is 16.9. The Kier molecular flexibility index (Phi) is 6.10. The molecule has 3 heterocycles. The number of aromatic nitrogens is 4. The second-order valence-corrected chi connectivity index (χ2v) is 8.37. The number of nitrogens with zero attached hydrogens (tertiary/aromatic N) is 6. The fourth-order valence-electron chi connectivity index (χ4n) is 4.04. The minimum absolute atomic E-state index is 0.0732. The van der Waals surface area contributed by atoms with Gasteiger partial charge >= 0.3 is 6.03 Å². The first-order valence-corrected chi connectivity index (χ1v) is 11.4. The third-order valence-corrected chi connectivity index (χ3v) is 5.77. The summed E-state index contributed by atoms with van der Waals surface area (Å²) in [4.78, 5) is 37.4. The van der Waals surface area contributed by atoms with Crippen LogP contribution in [0.4, 0.5) is 43.7 Å². The quantitative estimate of drug-likeness (QED) is 0.370. The molecular formula is C26H23FN8O2. The Hall–Kier alpha value is -5.06. The van der Waals surface area contributed by atoms with Crippen molar-refractivity contribution >= 4 is 46.5 Å². The molecule has 0 saturated carbocycles. The molecule has 1 aliphatic rings. The highest BCUT2D eigenvalue weighted by atomic mass is 19.1. The van der Waals surface area contributed by atoms with Gasteiger partial charge in [0, 0.05) is 36.4 Å². The second kappa shape index (κ2) is 9.53. The van der Waals surface area contributed by atoms with Crippen LogP contribution in [-0.2, 0) is 18.4 Å². The Bertz CT molecular complexity index is 1520. The van der Waals surface area contributed by atoms with Gasteiger partial charge in [-0.3, -0.25) is 14.4 Å². The van der Waals surface area contributed by atoms with Gasteiger partial charge in [-0.1, -0.05) is 24.8 Å². The molecule has 0 radical (unpaired) electrons. The molecule has 0 bridgehead atoms. The third-order valence-electron chi connectivity index (χ3n) is 5.77. The second-order valence-electron chi connectivity index (χ2n) is 8.37. The molecule has 2 aromatic carbocycles. The molecule has 5 rings (SSSR count). The van der Waals surface area contributed by atoms with Crippen molar-refractivity contribution in [3.63, 3.8) is 0 Å². The number of nitrogens with one attached hydrogen (secondary N) is 2. The summed E-state index contributed by atoms with van der Waals surface area (Å²) in [6, 6.07) is 12.5. The van der Waals surface area contributed by atoms with E-state index in [-0.39, 0.29) is 24.0 Å². The van der Waals surface area contributed by atoms with Gasteiger partial charge in [0.2, 0.25) is 11.9 Å². The van der Waals surface area contributed by atoms with Crippen LogP contribution >= 0.6 is 0 Å². The largest absolute Gasteiger partial charge is 0.335 e. The number of carbonyl (C=O) groups is 2. The molecule has 2 N–H and O–H groups in total. The number of amides is 3. The zero-order valence-corrected chi connectivity index (χ0v) is 20.1. The van der Waals surface area contributed by atoms with E-state index < -0.39 is 17.8 Å². The molecule has 2 aromatic heterocycles. The Labute approximate surface area is 212 Å². The van der Waals surface area contributed by atoms with E-state index in [0.717, 1.165) is 11.8 Å². The van der Waals surface area contributed by atoms with E-state index in [2.05, 4.69) is 32.3 Å². The molecule has 37 heavy (non-hydrogen) atoms. The van der Waals surface area contributed by atoms with Crippen LogP contribution in [0.1, 0.15) is 11.3 Å². The molecule has 4 aromatic rings. The monoisotopic (exact) mass is 498 g/mol. The van der Waals surface area contributed by atoms with Crippen LogP contribution < -0.4 is 20.4 Å². The van der Waals surface area contributed by atoms with Crippen molar-refractivity contribution in [3.05, 3.63) is 90.7 Å². The molecule has 0 atom stereocenters. The predicted octanol–water partition coefficient (Wildman–Crippen LogP) is 4.80. The SMILES string of the molecule is C=CC(=O)Nc1ccc(F)c(N2C(=O)N(c3ccccc3)Cc3cnc(Nc4cn(C)nc4C)nc32)c1. The Morgan fingerprint density at radius 2 is 1.97 bits per heavy atom. The highest BCUT2D eigenvalue weighted by molar-refractivity contribution is 6.10. The first-order valence-electron chi connectivity index (χ1n) is 11.4. The number of hydrogen-bond acceptors (Lipinski definition) is 6. The summed E-state index contributed by atoms with van der Waals surface area (Å²) in [6.07, 6.45) is 4.49. The molecule has 10 nitrogen and oxygen atoms in total. The standard InChI is InChI=1S/C26H23FN8O2/c1-4-23(36)29-18-10-11-20(27)22(12-18)35-24-17(14-34(26(35)37)19-8-6-5-7-9-19)13-28-25(31-24)30-21-15-33(3)32-16(21)2/h4-13,15H,1,14H2,2-3H3,(H,29,36)(H,28,30,31). The van der Waals surface area contributed by atoms with Gasteiger partial charge in [0.05, 0.1) is 23.6 Å². The van der Waals surface area contributed by atoms with Gasteiger partial charge in [-0.2, -0.15) is 10.1 Å². The van der Waals surface area contributed by atoms with Gasteiger partial charge in [-0.25, -0.2) is 19.1 Å².